The molecule has 250 valence electrons. The molecular weight excluding hydrogens is 641 g/mol. The molecule has 0 saturated carbocycles. The van der Waals surface area contributed by atoms with E-state index in [1.54, 1.807) is 0 Å². The van der Waals surface area contributed by atoms with E-state index in [1.165, 1.54) is 82.4 Å². The van der Waals surface area contributed by atoms with Gasteiger partial charge < -0.3 is 0 Å². The number of ketones is 1. The number of carbonyl (C=O) groups excluding carboxylic acids is 1. The predicted molar refractivity (Wildman–Crippen MR) is 223 cm³/mol. The van der Waals surface area contributed by atoms with Crippen LogP contribution in [0.4, 0.5) is 0 Å². The Morgan fingerprint density at radius 2 is 0.774 bits per heavy atom. The van der Waals surface area contributed by atoms with Gasteiger partial charge in [0.2, 0.25) is 0 Å². The Hall–Kier alpha value is -6.57. The first-order chi connectivity index (χ1) is 26.0. The Bertz CT molecular complexity index is 2840. The molecule has 0 atom stereocenters. The monoisotopic (exact) mass is 676 g/mol. The number of carbonyl (C=O) groups is 1. The summed E-state index contributed by atoms with van der Waals surface area (Å²) >= 11 is 0. The molecule has 0 saturated heterocycles. The normalized spacial score (nSPS) is 12.9. The van der Waals surface area contributed by atoms with E-state index in [4.69, 9.17) is 0 Å². The predicted octanol–water partition coefficient (Wildman–Crippen LogP) is 13.7. The minimum Gasteiger partial charge on any atom is -0.289 e. The lowest BCUT2D eigenvalue weighted by Crippen LogP contribution is -2.15. The Balaban J connectivity index is 1.11. The number of benzene rings is 9. The lowest BCUT2D eigenvalue weighted by Gasteiger charge is -2.23. The van der Waals surface area contributed by atoms with E-state index in [2.05, 4.69) is 153 Å². The van der Waals surface area contributed by atoms with Crippen LogP contribution in [0.15, 0.2) is 182 Å². The molecule has 0 spiro atoms. The van der Waals surface area contributed by atoms with Crippen molar-refractivity contribution in [2.45, 2.75) is 19.3 Å². The highest BCUT2D eigenvalue weighted by Crippen LogP contribution is 2.53. The molecule has 1 aliphatic carbocycles. The first-order valence-electron chi connectivity index (χ1n) is 18.4. The number of hydrogen-bond acceptors (Lipinski definition) is 1. The van der Waals surface area contributed by atoms with Crippen LogP contribution in [0.5, 0.6) is 0 Å². The van der Waals surface area contributed by atoms with E-state index in [-0.39, 0.29) is 11.2 Å². The lowest BCUT2D eigenvalue weighted by molar-refractivity contribution is 0.103. The summed E-state index contributed by atoms with van der Waals surface area (Å²) in [7, 11) is 0. The van der Waals surface area contributed by atoms with E-state index in [1.807, 2.05) is 42.5 Å². The van der Waals surface area contributed by atoms with Crippen molar-refractivity contribution in [3.63, 3.8) is 0 Å². The van der Waals surface area contributed by atoms with Gasteiger partial charge in [0, 0.05) is 16.5 Å². The smallest absolute Gasteiger partial charge is 0.193 e. The van der Waals surface area contributed by atoms with Crippen molar-refractivity contribution in [1.82, 2.24) is 0 Å². The van der Waals surface area contributed by atoms with Crippen LogP contribution in [0.25, 0.3) is 76.8 Å². The van der Waals surface area contributed by atoms with E-state index >= 15 is 0 Å². The Labute approximate surface area is 309 Å². The maximum atomic E-state index is 13.2. The molecule has 1 heteroatoms. The highest BCUT2D eigenvalue weighted by molar-refractivity contribution is 6.21. The molecule has 9 aromatic carbocycles. The zero-order valence-electron chi connectivity index (χ0n) is 29.7. The molecule has 0 fully saturated rings. The average molecular weight is 677 g/mol. The molecule has 1 nitrogen and oxygen atoms in total. The van der Waals surface area contributed by atoms with Crippen molar-refractivity contribution < 1.29 is 4.79 Å². The van der Waals surface area contributed by atoms with Gasteiger partial charge in [0.1, 0.15) is 0 Å². The standard InChI is InChI=1S/C52H36O/c1-52(2)46-23-13-12-22-44(46)50-39-17-7-6-16-38(39)45(32-47(50)52)33-24-26-34(27-25-33)48-40-18-8-10-20-42(40)49(43-21-11-9-19-41(43)48)35-28-30-37(31-29-35)51(53)36-14-4-3-5-15-36/h3-32H,1-2H3. The first-order valence-corrected chi connectivity index (χ1v) is 18.4. The largest absolute Gasteiger partial charge is 0.289 e. The van der Waals surface area contributed by atoms with Crippen LogP contribution in [0.1, 0.15) is 40.9 Å². The molecule has 0 aromatic heterocycles. The quantitative estimate of drug-likeness (QED) is 0.131. The summed E-state index contributed by atoms with van der Waals surface area (Å²) in [4.78, 5) is 13.2. The summed E-state index contributed by atoms with van der Waals surface area (Å²) in [5.41, 5.74) is 14.0. The van der Waals surface area contributed by atoms with Gasteiger partial charge in [-0.05, 0) is 94.0 Å². The maximum absolute atomic E-state index is 13.2. The number of fused-ring (bicyclic) bond motifs is 7. The van der Waals surface area contributed by atoms with Crippen molar-refractivity contribution in [3.8, 4) is 44.5 Å². The molecule has 0 bridgehead atoms. The van der Waals surface area contributed by atoms with Gasteiger partial charge >= 0.3 is 0 Å². The van der Waals surface area contributed by atoms with E-state index in [9.17, 15) is 4.79 Å². The minimum atomic E-state index is -0.0814. The van der Waals surface area contributed by atoms with Crippen LogP contribution in [-0.4, -0.2) is 5.78 Å². The third-order valence-corrected chi connectivity index (χ3v) is 11.5. The summed E-state index contributed by atoms with van der Waals surface area (Å²) in [6, 6.07) is 64.5. The second kappa shape index (κ2) is 12.0. The van der Waals surface area contributed by atoms with Crippen molar-refractivity contribution in [2.24, 2.45) is 0 Å². The zero-order valence-corrected chi connectivity index (χ0v) is 29.7. The lowest BCUT2D eigenvalue weighted by atomic mass is 9.80. The number of hydrogen-bond donors (Lipinski definition) is 0. The molecule has 0 heterocycles. The second-order valence-electron chi connectivity index (χ2n) is 14.8. The first kappa shape index (κ1) is 31.2. The van der Waals surface area contributed by atoms with Crippen LogP contribution in [-0.2, 0) is 5.41 Å². The van der Waals surface area contributed by atoms with E-state index in [0.29, 0.717) is 11.1 Å². The zero-order chi connectivity index (χ0) is 35.7. The molecule has 1 aliphatic rings. The highest BCUT2D eigenvalue weighted by atomic mass is 16.1. The van der Waals surface area contributed by atoms with Crippen molar-refractivity contribution in [1.29, 1.82) is 0 Å². The van der Waals surface area contributed by atoms with Gasteiger partial charge in [0.15, 0.2) is 5.78 Å². The third-order valence-electron chi connectivity index (χ3n) is 11.5. The van der Waals surface area contributed by atoms with Gasteiger partial charge in [0.25, 0.3) is 0 Å². The van der Waals surface area contributed by atoms with Crippen molar-refractivity contribution in [3.05, 3.63) is 204 Å². The summed E-state index contributed by atoms with van der Waals surface area (Å²) in [6.07, 6.45) is 0. The second-order valence-corrected chi connectivity index (χ2v) is 14.8. The fourth-order valence-electron chi connectivity index (χ4n) is 8.90. The summed E-state index contributed by atoms with van der Waals surface area (Å²) in [5, 5.41) is 7.40. The molecule has 0 N–H and O–H groups in total. The van der Waals surface area contributed by atoms with Crippen LogP contribution < -0.4 is 0 Å². The summed E-state index contributed by atoms with van der Waals surface area (Å²) in [5.74, 6) is 0.0346. The minimum absolute atomic E-state index is 0.0346. The fourth-order valence-corrected chi connectivity index (χ4v) is 8.90. The molecule has 0 aliphatic heterocycles. The molecule has 0 unspecified atom stereocenters. The molecule has 53 heavy (non-hydrogen) atoms. The Kier molecular flexibility index (Phi) is 7.06. The molecule has 0 amide bonds. The number of rotatable bonds is 5. The molecule has 10 rings (SSSR count). The van der Waals surface area contributed by atoms with Gasteiger partial charge in [-0.15, -0.1) is 0 Å². The molecule has 9 aromatic rings. The van der Waals surface area contributed by atoms with E-state index in [0.717, 1.165) is 5.56 Å². The maximum Gasteiger partial charge on any atom is 0.193 e. The molecular formula is C52H36O. The van der Waals surface area contributed by atoms with Gasteiger partial charge in [-0.1, -0.05) is 190 Å². The van der Waals surface area contributed by atoms with Crippen LogP contribution in [0.2, 0.25) is 0 Å². The Morgan fingerprint density at radius 1 is 0.358 bits per heavy atom. The van der Waals surface area contributed by atoms with Gasteiger partial charge in [-0.25, -0.2) is 0 Å². The van der Waals surface area contributed by atoms with Crippen LogP contribution in [0.3, 0.4) is 0 Å². The third kappa shape index (κ3) is 4.81. The van der Waals surface area contributed by atoms with Crippen LogP contribution >= 0.6 is 0 Å². The van der Waals surface area contributed by atoms with E-state index < -0.39 is 0 Å². The summed E-state index contributed by atoms with van der Waals surface area (Å²) < 4.78 is 0. The van der Waals surface area contributed by atoms with Crippen molar-refractivity contribution in [2.75, 3.05) is 0 Å². The van der Waals surface area contributed by atoms with Gasteiger partial charge in [0.05, 0.1) is 0 Å². The molecule has 0 radical (unpaired) electrons. The highest BCUT2D eigenvalue weighted by Gasteiger charge is 2.37. The SMILES string of the molecule is CC1(C)c2ccccc2-c2c1cc(-c1ccc(-c3c4ccccc4c(-c4ccc(C(=O)c5ccccc5)cc4)c4ccccc34)cc1)c1ccccc21. The van der Waals surface area contributed by atoms with Gasteiger partial charge in [-0.3, -0.25) is 4.79 Å². The fraction of sp³-hybridized carbons (Fsp3) is 0.0577. The van der Waals surface area contributed by atoms with Crippen molar-refractivity contribution >= 4 is 38.1 Å². The Morgan fingerprint density at radius 3 is 1.34 bits per heavy atom. The van der Waals surface area contributed by atoms with Gasteiger partial charge in [-0.2, -0.15) is 0 Å². The summed E-state index contributed by atoms with van der Waals surface area (Å²) in [6.45, 7) is 4.72. The average Bonchev–Trinajstić information content (AvgIpc) is 3.45. The topological polar surface area (TPSA) is 17.1 Å². The van der Waals surface area contributed by atoms with Crippen LogP contribution in [0, 0.1) is 0 Å².